The standard InChI is InChI=1S/C4H10.C2H7N/c1-3-4-2;1-2-3/h3-4H2,1-2H3;2-3H2,1H3. The Bertz CT molecular complexity index is 11.7. The zero-order chi connectivity index (χ0) is 6.12. The van der Waals surface area contributed by atoms with Crippen molar-refractivity contribution in [3.8, 4) is 0 Å². The summed E-state index contributed by atoms with van der Waals surface area (Å²) in [7, 11) is 0. The van der Waals surface area contributed by atoms with Gasteiger partial charge < -0.3 is 5.73 Å². The number of unbranched alkanes of at least 4 members (excludes halogenated alkanes) is 1. The lowest BCUT2D eigenvalue weighted by atomic mass is 10.4. The van der Waals surface area contributed by atoms with Gasteiger partial charge in [-0.15, -0.1) is 0 Å². The SMILES string of the molecule is CCCC.CCN. The molecule has 0 aromatic carbocycles. The first-order valence-corrected chi connectivity index (χ1v) is 3.03. The van der Waals surface area contributed by atoms with Crippen molar-refractivity contribution in [2.45, 2.75) is 33.6 Å². The van der Waals surface area contributed by atoms with Crippen LogP contribution in [0.4, 0.5) is 0 Å². The lowest BCUT2D eigenvalue weighted by Gasteiger charge is -1.68. The molecular formula is C6H17N. The Morgan fingerprint density at radius 2 is 1.14 bits per heavy atom. The van der Waals surface area contributed by atoms with Gasteiger partial charge in [0.2, 0.25) is 0 Å². The lowest BCUT2D eigenvalue weighted by molar-refractivity contribution is 0.886. The molecule has 1 heteroatoms. The number of nitrogens with two attached hydrogens (primary N) is 1. The molecule has 0 aliphatic rings. The van der Waals surface area contributed by atoms with Gasteiger partial charge in [0.1, 0.15) is 0 Å². The van der Waals surface area contributed by atoms with Crippen LogP contribution in [0.15, 0.2) is 0 Å². The van der Waals surface area contributed by atoms with Crippen molar-refractivity contribution in [1.82, 2.24) is 0 Å². The molecule has 0 saturated heterocycles. The molecule has 2 N–H and O–H groups in total. The molecule has 0 unspecified atom stereocenters. The highest BCUT2D eigenvalue weighted by atomic mass is 14.5. The molecule has 0 aromatic rings. The van der Waals surface area contributed by atoms with Gasteiger partial charge in [0, 0.05) is 0 Å². The lowest BCUT2D eigenvalue weighted by Crippen LogP contribution is -1.87. The van der Waals surface area contributed by atoms with Crippen molar-refractivity contribution >= 4 is 0 Å². The Kier molecular flexibility index (Phi) is 24.0. The topological polar surface area (TPSA) is 26.0 Å². The molecular weight excluding hydrogens is 86.1 g/mol. The van der Waals surface area contributed by atoms with E-state index in [1.807, 2.05) is 6.92 Å². The Morgan fingerprint density at radius 1 is 1.00 bits per heavy atom. The van der Waals surface area contributed by atoms with Crippen LogP contribution in [0.3, 0.4) is 0 Å². The molecule has 0 amide bonds. The Morgan fingerprint density at radius 3 is 1.14 bits per heavy atom. The summed E-state index contributed by atoms with van der Waals surface area (Å²) in [6, 6.07) is 0. The van der Waals surface area contributed by atoms with Crippen molar-refractivity contribution < 1.29 is 0 Å². The highest BCUT2D eigenvalue weighted by Gasteiger charge is 1.56. The van der Waals surface area contributed by atoms with Crippen LogP contribution in [-0.4, -0.2) is 6.54 Å². The third-order valence-electron chi connectivity index (χ3n) is 0.500. The largest absolute Gasteiger partial charge is 0.331 e. The Labute approximate surface area is 46.9 Å². The molecule has 0 spiro atoms. The third-order valence-corrected chi connectivity index (χ3v) is 0.500. The van der Waals surface area contributed by atoms with E-state index in [0.29, 0.717) is 0 Å². The van der Waals surface area contributed by atoms with E-state index in [1.165, 1.54) is 12.8 Å². The van der Waals surface area contributed by atoms with E-state index in [-0.39, 0.29) is 0 Å². The summed E-state index contributed by atoms with van der Waals surface area (Å²) < 4.78 is 0. The average Bonchev–Trinajstić information content (AvgIpc) is 1.69. The first-order valence-electron chi connectivity index (χ1n) is 3.03. The van der Waals surface area contributed by atoms with E-state index in [0.717, 1.165) is 6.54 Å². The Balaban J connectivity index is 0. The maximum atomic E-state index is 4.85. The minimum atomic E-state index is 0.750. The molecule has 0 aromatic heterocycles. The van der Waals surface area contributed by atoms with Gasteiger partial charge in [-0.2, -0.15) is 0 Å². The fourth-order valence-corrected chi connectivity index (χ4v) is 0. The number of hydrogen-bond acceptors (Lipinski definition) is 1. The second kappa shape index (κ2) is 16.7. The highest BCUT2D eigenvalue weighted by molar-refractivity contribution is 4.12. The van der Waals surface area contributed by atoms with E-state index in [1.54, 1.807) is 0 Å². The first kappa shape index (κ1) is 10.0. The molecule has 0 fully saturated rings. The molecule has 0 heterocycles. The van der Waals surface area contributed by atoms with Gasteiger partial charge in [-0.25, -0.2) is 0 Å². The van der Waals surface area contributed by atoms with Gasteiger partial charge in [0.15, 0.2) is 0 Å². The number of rotatable bonds is 1. The predicted molar refractivity (Wildman–Crippen MR) is 35.3 cm³/mol. The molecule has 0 aliphatic carbocycles. The van der Waals surface area contributed by atoms with Gasteiger partial charge >= 0.3 is 0 Å². The van der Waals surface area contributed by atoms with Crippen LogP contribution in [-0.2, 0) is 0 Å². The van der Waals surface area contributed by atoms with E-state index in [9.17, 15) is 0 Å². The summed E-state index contributed by atoms with van der Waals surface area (Å²) in [5, 5.41) is 0. The van der Waals surface area contributed by atoms with Crippen LogP contribution >= 0.6 is 0 Å². The molecule has 0 saturated carbocycles. The molecule has 0 atom stereocenters. The smallest absolute Gasteiger partial charge is 0.0106 e. The second-order valence-electron chi connectivity index (χ2n) is 1.41. The third kappa shape index (κ3) is 101. The van der Waals surface area contributed by atoms with Crippen LogP contribution < -0.4 is 5.73 Å². The van der Waals surface area contributed by atoms with Crippen molar-refractivity contribution in [1.29, 1.82) is 0 Å². The molecule has 1 nitrogen and oxygen atoms in total. The quantitative estimate of drug-likeness (QED) is 0.537. The molecule has 46 valence electrons. The summed E-state index contributed by atoms with van der Waals surface area (Å²) in [5.74, 6) is 0. The zero-order valence-corrected chi connectivity index (χ0v) is 5.70. The average molecular weight is 103 g/mol. The number of hydrogen-bond donors (Lipinski definition) is 1. The maximum absolute atomic E-state index is 4.85. The minimum absolute atomic E-state index is 0.750. The molecule has 0 bridgehead atoms. The normalized spacial score (nSPS) is 6.86. The van der Waals surface area contributed by atoms with Crippen molar-refractivity contribution in [2.24, 2.45) is 5.73 Å². The molecule has 7 heavy (non-hydrogen) atoms. The summed E-state index contributed by atoms with van der Waals surface area (Å²) in [5.41, 5.74) is 4.85. The van der Waals surface area contributed by atoms with Crippen molar-refractivity contribution in [3.63, 3.8) is 0 Å². The summed E-state index contributed by atoms with van der Waals surface area (Å²) in [6.45, 7) is 7.01. The van der Waals surface area contributed by atoms with Crippen LogP contribution in [0.2, 0.25) is 0 Å². The van der Waals surface area contributed by atoms with Gasteiger partial charge in [-0.1, -0.05) is 33.6 Å². The van der Waals surface area contributed by atoms with Crippen LogP contribution in [0, 0.1) is 0 Å². The van der Waals surface area contributed by atoms with E-state index >= 15 is 0 Å². The van der Waals surface area contributed by atoms with Crippen LogP contribution in [0.5, 0.6) is 0 Å². The minimum Gasteiger partial charge on any atom is -0.331 e. The maximum Gasteiger partial charge on any atom is -0.0106 e. The summed E-state index contributed by atoms with van der Waals surface area (Å²) in [6.07, 6.45) is 2.64. The van der Waals surface area contributed by atoms with Crippen molar-refractivity contribution in [3.05, 3.63) is 0 Å². The second-order valence-corrected chi connectivity index (χ2v) is 1.41. The van der Waals surface area contributed by atoms with Crippen molar-refractivity contribution in [2.75, 3.05) is 6.54 Å². The fraction of sp³-hybridized carbons (Fsp3) is 1.00. The molecule has 0 aliphatic heterocycles. The van der Waals surface area contributed by atoms with E-state index in [2.05, 4.69) is 13.8 Å². The van der Waals surface area contributed by atoms with Gasteiger partial charge in [0.25, 0.3) is 0 Å². The van der Waals surface area contributed by atoms with E-state index < -0.39 is 0 Å². The molecule has 0 rings (SSSR count). The van der Waals surface area contributed by atoms with Crippen LogP contribution in [0.25, 0.3) is 0 Å². The van der Waals surface area contributed by atoms with Gasteiger partial charge in [0.05, 0.1) is 0 Å². The first-order chi connectivity index (χ1) is 3.33. The zero-order valence-electron chi connectivity index (χ0n) is 5.70. The Hall–Kier alpha value is -0.0400. The van der Waals surface area contributed by atoms with Gasteiger partial charge in [-0.3, -0.25) is 0 Å². The fourth-order valence-electron chi connectivity index (χ4n) is 0. The monoisotopic (exact) mass is 103 g/mol. The predicted octanol–water partition coefficient (Wildman–Crippen LogP) is 1.77. The van der Waals surface area contributed by atoms with Gasteiger partial charge in [-0.05, 0) is 6.54 Å². The summed E-state index contributed by atoms with van der Waals surface area (Å²) >= 11 is 0. The van der Waals surface area contributed by atoms with E-state index in [4.69, 9.17) is 5.73 Å². The summed E-state index contributed by atoms with van der Waals surface area (Å²) in [4.78, 5) is 0. The van der Waals surface area contributed by atoms with Crippen LogP contribution in [0.1, 0.15) is 33.6 Å². The molecule has 0 radical (unpaired) electrons. The highest BCUT2D eigenvalue weighted by Crippen LogP contribution is 1.76.